The van der Waals surface area contributed by atoms with Crippen molar-refractivity contribution in [3.05, 3.63) is 0 Å². The van der Waals surface area contributed by atoms with E-state index < -0.39 is 30.8 Å². The van der Waals surface area contributed by atoms with E-state index in [0.717, 1.165) is 0 Å². The van der Waals surface area contributed by atoms with E-state index in [-0.39, 0.29) is 0 Å². The van der Waals surface area contributed by atoms with E-state index in [1.54, 1.807) is 0 Å². The summed E-state index contributed by atoms with van der Waals surface area (Å²) in [5.41, 5.74) is 0. The molecule has 58 valence electrons. The SMILES string of the molecule is [2H]C([2H])(C(=O)O)C([2H])([2H])[C@@]([2H])(O)C(=O)O. The third kappa shape index (κ3) is 3.85. The topological polar surface area (TPSA) is 94.8 Å². The van der Waals surface area contributed by atoms with Gasteiger partial charge in [0.05, 0.1) is 1.37 Å². The number of hydrogen-bond acceptors (Lipinski definition) is 3. The Balaban J connectivity index is 5.50. The molecule has 0 amide bonds. The first-order chi connectivity index (χ1) is 6.39. The summed E-state index contributed by atoms with van der Waals surface area (Å²) in [6.07, 6.45) is -11.4. The van der Waals surface area contributed by atoms with Crippen LogP contribution in [0.25, 0.3) is 0 Å². The van der Waals surface area contributed by atoms with Crippen LogP contribution >= 0.6 is 0 Å². The third-order valence-corrected chi connectivity index (χ3v) is 0.490. The second kappa shape index (κ2) is 3.84. The zero-order valence-corrected chi connectivity index (χ0v) is 4.66. The highest BCUT2D eigenvalue weighted by molar-refractivity contribution is 5.73. The number of rotatable bonds is 4. The first-order valence-corrected chi connectivity index (χ1v) is 2.08. The highest BCUT2D eigenvalue weighted by Gasteiger charge is 2.13. The van der Waals surface area contributed by atoms with Crippen LogP contribution in [0.1, 0.15) is 19.6 Å². The van der Waals surface area contributed by atoms with E-state index in [4.69, 9.17) is 22.2 Å². The molecule has 10 heavy (non-hydrogen) atoms. The molecule has 0 rings (SSSR count). The molecule has 0 unspecified atom stereocenters. The first kappa shape index (κ1) is 3.34. The third-order valence-electron chi connectivity index (χ3n) is 0.490. The first-order valence-electron chi connectivity index (χ1n) is 4.58. The van der Waals surface area contributed by atoms with Crippen molar-refractivity contribution < 1.29 is 31.8 Å². The monoisotopic (exact) mass is 153 g/mol. The molecule has 3 N–H and O–H groups in total. The van der Waals surface area contributed by atoms with E-state index in [9.17, 15) is 9.59 Å². The smallest absolute Gasteiger partial charge is 0.332 e. The predicted molar refractivity (Wildman–Crippen MR) is 30.5 cm³/mol. The van der Waals surface area contributed by atoms with Crippen molar-refractivity contribution in [1.29, 1.82) is 0 Å². The zero-order chi connectivity index (χ0) is 12.7. The van der Waals surface area contributed by atoms with Crippen molar-refractivity contribution in [2.45, 2.75) is 18.8 Å². The summed E-state index contributed by atoms with van der Waals surface area (Å²) in [6.45, 7) is 0. The minimum Gasteiger partial charge on any atom is -0.481 e. The Kier molecular flexibility index (Phi) is 1.28. The molecule has 0 bridgehead atoms. The second-order valence-electron chi connectivity index (χ2n) is 1.21. The fraction of sp³-hybridized carbons (Fsp3) is 0.600. The molecule has 0 aromatic heterocycles. The fourth-order valence-corrected chi connectivity index (χ4v) is 0.166. The van der Waals surface area contributed by atoms with Crippen molar-refractivity contribution in [1.82, 2.24) is 0 Å². The molecule has 1 atom stereocenters. The molecular formula is C5H8O5. The number of hydrogen-bond donors (Lipinski definition) is 3. The molecule has 0 radical (unpaired) electrons. The van der Waals surface area contributed by atoms with Gasteiger partial charge in [-0.3, -0.25) is 4.79 Å². The molecule has 0 aromatic carbocycles. The van der Waals surface area contributed by atoms with Crippen LogP contribution in [0.5, 0.6) is 0 Å². The van der Waals surface area contributed by atoms with Crippen LogP contribution in [0.3, 0.4) is 0 Å². The van der Waals surface area contributed by atoms with Crippen molar-refractivity contribution in [3.8, 4) is 0 Å². The molecule has 0 saturated carbocycles. The van der Waals surface area contributed by atoms with Crippen LogP contribution < -0.4 is 0 Å². The van der Waals surface area contributed by atoms with Crippen LogP contribution in [0, 0.1) is 0 Å². The van der Waals surface area contributed by atoms with E-state index >= 15 is 0 Å². The number of carbonyl (C=O) groups is 2. The Morgan fingerprint density at radius 1 is 1.60 bits per heavy atom. The van der Waals surface area contributed by atoms with Crippen LogP contribution in [0.4, 0.5) is 0 Å². The average molecular weight is 153 g/mol. The number of carboxylic acids is 2. The van der Waals surface area contributed by atoms with Gasteiger partial charge in [-0.1, -0.05) is 0 Å². The maximum atomic E-state index is 10.3. The van der Waals surface area contributed by atoms with E-state index in [2.05, 4.69) is 0 Å². The quantitative estimate of drug-likeness (QED) is 0.496. The van der Waals surface area contributed by atoms with Gasteiger partial charge in [0.15, 0.2) is 6.08 Å². The van der Waals surface area contributed by atoms with Crippen LogP contribution in [0.15, 0.2) is 0 Å². The Hall–Kier alpha value is -1.10. The van der Waals surface area contributed by atoms with E-state index in [0.29, 0.717) is 0 Å². The van der Waals surface area contributed by atoms with Gasteiger partial charge < -0.3 is 15.3 Å². The Morgan fingerprint density at radius 3 is 2.40 bits per heavy atom. The minimum absolute atomic E-state index is 2.31. The normalized spacial score (nSPS) is 25.9. The van der Waals surface area contributed by atoms with E-state index in [1.165, 1.54) is 0 Å². The summed E-state index contributed by atoms with van der Waals surface area (Å²) in [5, 5.41) is 25.5. The zero-order valence-electron chi connectivity index (χ0n) is 9.66. The number of carboxylic acid groups (broad SMARTS) is 2. The van der Waals surface area contributed by atoms with E-state index in [1.807, 2.05) is 0 Å². The predicted octanol–water partition coefficient (Wildman–Crippen LogP) is -0.703. The largest absolute Gasteiger partial charge is 0.481 e. The van der Waals surface area contributed by atoms with Crippen molar-refractivity contribution in [2.75, 3.05) is 0 Å². The van der Waals surface area contributed by atoms with Crippen LogP contribution in [-0.2, 0) is 9.59 Å². The fourth-order valence-electron chi connectivity index (χ4n) is 0.166. The minimum atomic E-state index is -3.89. The molecule has 0 aromatic rings. The van der Waals surface area contributed by atoms with Gasteiger partial charge in [0, 0.05) is 11.9 Å². The molecule has 0 fully saturated rings. The molecule has 5 heteroatoms. The van der Waals surface area contributed by atoms with Gasteiger partial charge in [-0.2, -0.15) is 0 Å². The van der Waals surface area contributed by atoms with Crippen LogP contribution in [0.2, 0.25) is 0 Å². The van der Waals surface area contributed by atoms with Gasteiger partial charge in [-0.05, 0) is 6.37 Å². The Bertz CT molecular complexity index is 270. The van der Waals surface area contributed by atoms with Gasteiger partial charge in [0.2, 0.25) is 0 Å². The number of aliphatic carboxylic acids is 2. The lowest BCUT2D eigenvalue weighted by atomic mass is 10.2. The molecule has 5 nitrogen and oxygen atoms in total. The van der Waals surface area contributed by atoms with Crippen LogP contribution in [-0.4, -0.2) is 33.3 Å². The standard InChI is InChI=1S/C5H8O5/c6-3(5(9)10)1-2-4(7)8/h3,6H,1-2H2,(H,7,8)(H,9,10)/t3-/m1/s1/i1D2,2D2,3D. The highest BCUT2D eigenvalue weighted by atomic mass is 16.4. The molecule has 0 heterocycles. The van der Waals surface area contributed by atoms with Crippen molar-refractivity contribution >= 4 is 11.9 Å². The summed E-state index contributed by atoms with van der Waals surface area (Å²) in [5.74, 6) is -4.68. The van der Waals surface area contributed by atoms with Gasteiger partial charge >= 0.3 is 11.9 Å². The molecule has 0 aliphatic heterocycles. The second-order valence-corrected chi connectivity index (χ2v) is 1.21. The maximum Gasteiger partial charge on any atom is 0.332 e. The average Bonchev–Trinajstić information content (AvgIpc) is 2.02. The molecular weight excluding hydrogens is 140 g/mol. The van der Waals surface area contributed by atoms with Gasteiger partial charge in [-0.15, -0.1) is 0 Å². The molecule has 0 saturated heterocycles. The summed E-state index contributed by atoms with van der Waals surface area (Å²) >= 11 is 0. The lowest BCUT2D eigenvalue weighted by Crippen LogP contribution is -2.20. The highest BCUT2D eigenvalue weighted by Crippen LogP contribution is 1.95. The molecule has 0 spiro atoms. The lowest BCUT2D eigenvalue weighted by Gasteiger charge is -2.00. The van der Waals surface area contributed by atoms with Gasteiger partial charge in [-0.25, -0.2) is 4.79 Å². The Labute approximate surface area is 63.9 Å². The summed E-state index contributed by atoms with van der Waals surface area (Å²) in [7, 11) is 0. The van der Waals surface area contributed by atoms with Gasteiger partial charge in [0.25, 0.3) is 0 Å². The van der Waals surface area contributed by atoms with Crippen molar-refractivity contribution in [3.63, 3.8) is 0 Å². The van der Waals surface area contributed by atoms with Gasteiger partial charge in [0.1, 0.15) is 0 Å². The summed E-state index contributed by atoms with van der Waals surface area (Å²) in [6, 6.07) is 0. The lowest BCUT2D eigenvalue weighted by molar-refractivity contribution is -0.147. The Morgan fingerprint density at radius 2 is 2.10 bits per heavy atom. The molecule has 0 aliphatic carbocycles. The summed E-state index contributed by atoms with van der Waals surface area (Å²) < 4.78 is 34.0. The van der Waals surface area contributed by atoms with Crippen molar-refractivity contribution in [2.24, 2.45) is 0 Å². The maximum absolute atomic E-state index is 10.3. The summed E-state index contributed by atoms with van der Waals surface area (Å²) in [4.78, 5) is 20.6. The molecule has 0 aliphatic rings. The number of aliphatic hydroxyl groups is 1.